The first-order valence-corrected chi connectivity index (χ1v) is 20.4. The molecule has 0 saturated carbocycles. The molecule has 5 amide bonds. The van der Waals surface area contributed by atoms with Gasteiger partial charge in [0.1, 0.15) is 17.5 Å². The molecule has 2 atom stereocenters. The molecule has 0 bridgehead atoms. The van der Waals surface area contributed by atoms with Crippen LogP contribution in [-0.2, 0) is 36.1 Å². The number of aromatic nitrogens is 1. The number of carbonyl (C=O) groups is 4. The maximum absolute atomic E-state index is 13.4. The molecule has 5 aliphatic heterocycles. The maximum atomic E-state index is 13.4. The molecule has 314 valence electrons. The zero-order valence-electron chi connectivity index (χ0n) is 34.5. The molecule has 1 spiro atoms. The number of ether oxygens (including phenoxy) is 2. The molecule has 0 aliphatic carbocycles. The minimum absolute atomic E-state index is 0.110. The summed E-state index contributed by atoms with van der Waals surface area (Å²) in [5, 5.41) is 16.3. The van der Waals surface area contributed by atoms with E-state index < -0.39 is 24.1 Å². The third-order valence-electron chi connectivity index (χ3n) is 12.9. The highest BCUT2D eigenvalue weighted by Gasteiger charge is 2.47. The van der Waals surface area contributed by atoms with Crippen molar-refractivity contribution in [3.05, 3.63) is 74.7 Å². The fraction of sp³-hybridized carbons (Fsp3) is 0.512. The number of benzene rings is 2. The van der Waals surface area contributed by atoms with Gasteiger partial charge in [0.15, 0.2) is 6.23 Å². The van der Waals surface area contributed by atoms with Crippen LogP contribution < -0.4 is 30.6 Å². The summed E-state index contributed by atoms with van der Waals surface area (Å²) in [6.45, 7) is 6.17. The number of urea groups is 1. The number of imide groups is 1. The Labute approximate surface area is 343 Å². The van der Waals surface area contributed by atoms with E-state index in [1.54, 1.807) is 36.8 Å². The number of methoxy groups -OCH3 is 2. The van der Waals surface area contributed by atoms with Crippen LogP contribution in [0.1, 0.15) is 64.5 Å². The van der Waals surface area contributed by atoms with Gasteiger partial charge in [-0.05, 0) is 88.3 Å². The number of anilines is 1. The number of nitrogens with one attached hydrogen (secondary N) is 2. The average molecular weight is 811 g/mol. The van der Waals surface area contributed by atoms with Gasteiger partial charge in [0.05, 0.1) is 26.3 Å². The van der Waals surface area contributed by atoms with E-state index in [-0.39, 0.29) is 42.3 Å². The maximum Gasteiger partial charge on any atom is 0.317 e. The van der Waals surface area contributed by atoms with Crippen LogP contribution in [0.25, 0.3) is 11.1 Å². The molecule has 3 saturated heterocycles. The van der Waals surface area contributed by atoms with Gasteiger partial charge in [0.2, 0.25) is 11.8 Å². The predicted molar refractivity (Wildman–Crippen MR) is 219 cm³/mol. The first kappa shape index (κ1) is 40.3. The van der Waals surface area contributed by atoms with Crippen LogP contribution in [0.4, 0.5) is 10.5 Å². The van der Waals surface area contributed by atoms with Crippen molar-refractivity contribution in [3.63, 3.8) is 0 Å². The number of aliphatic hydroxyl groups excluding tert-OH is 1. The molecule has 59 heavy (non-hydrogen) atoms. The number of aryl methyl sites for hydroxylation is 1. The Morgan fingerprint density at radius 1 is 0.966 bits per heavy atom. The van der Waals surface area contributed by atoms with E-state index in [0.717, 1.165) is 73.5 Å². The number of likely N-dealkylation sites (tertiary alicyclic amines) is 1. The van der Waals surface area contributed by atoms with Crippen molar-refractivity contribution >= 4 is 29.4 Å². The lowest BCUT2D eigenvalue weighted by Gasteiger charge is -2.55. The van der Waals surface area contributed by atoms with E-state index in [2.05, 4.69) is 25.3 Å². The highest BCUT2D eigenvalue weighted by molar-refractivity contribution is 6.06. The van der Waals surface area contributed by atoms with Gasteiger partial charge in [-0.15, -0.1) is 0 Å². The summed E-state index contributed by atoms with van der Waals surface area (Å²) in [4.78, 5) is 74.0. The van der Waals surface area contributed by atoms with E-state index >= 15 is 0 Å². The Kier molecular flexibility index (Phi) is 10.9. The van der Waals surface area contributed by atoms with E-state index in [0.29, 0.717) is 54.2 Å². The lowest BCUT2D eigenvalue weighted by Crippen LogP contribution is -2.60. The standard InChI is InChI=1S/C43H54N8O8/c1-46(2)21-33-35(58-4)18-26(19-36(33)59-5)31-22-47(3)39(54)32-23-49(14-10-28(31)32)42(57)44-13-17-48-15-11-43(12-16-48)24-50(25-43)27-6-7-29-30(20-27)41(56)51(40(29)55)34-8-9-37(52)45-38(34)53/h6-7,18-20,22,34,40,55H,8-17,21,23-25H2,1-5H3,(H,44,57)(H,45,52,53). The molecule has 3 N–H and O–H groups in total. The van der Waals surface area contributed by atoms with Crippen LogP contribution >= 0.6 is 0 Å². The number of nitrogens with zero attached hydrogens (tertiary/aromatic N) is 6. The summed E-state index contributed by atoms with van der Waals surface area (Å²) in [5.74, 6) is 0.0968. The Balaban J connectivity index is 0.830. The summed E-state index contributed by atoms with van der Waals surface area (Å²) in [7, 11) is 9.02. The first-order valence-electron chi connectivity index (χ1n) is 20.4. The molecule has 3 fully saturated rings. The van der Waals surface area contributed by atoms with Gasteiger partial charge in [-0.1, -0.05) is 6.07 Å². The molecule has 16 heteroatoms. The van der Waals surface area contributed by atoms with Crippen LogP contribution in [0.15, 0.2) is 41.3 Å². The highest BCUT2D eigenvalue weighted by Crippen LogP contribution is 2.45. The van der Waals surface area contributed by atoms with Crippen molar-refractivity contribution in [1.29, 1.82) is 0 Å². The summed E-state index contributed by atoms with van der Waals surface area (Å²) < 4.78 is 13.2. The second-order valence-electron chi connectivity index (χ2n) is 16.9. The number of hydrogen-bond acceptors (Lipinski definition) is 11. The van der Waals surface area contributed by atoms with Gasteiger partial charge in [-0.2, -0.15) is 0 Å². The van der Waals surface area contributed by atoms with Crippen LogP contribution in [-0.4, -0.2) is 133 Å². The number of carbonyl (C=O) groups excluding carboxylic acids is 4. The highest BCUT2D eigenvalue weighted by atomic mass is 16.5. The van der Waals surface area contributed by atoms with Gasteiger partial charge in [-0.25, -0.2) is 4.79 Å². The van der Waals surface area contributed by atoms with Crippen LogP contribution in [0, 0.1) is 5.41 Å². The molecule has 0 radical (unpaired) electrons. The van der Waals surface area contributed by atoms with Crippen LogP contribution in [0.3, 0.4) is 0 Å². The molecule has 1 aromatic heterocycles. The summed E-state index contributed by atoms with van der Waals surface area (Å²) in [6.07, 6.45) is 3.53. The smallest absolute Gasteiger partial charge is 0.317 e. The summed E-state index contributed by atoms with van der Waals surface area (Å²) >= 11 is 0. The Bertz CT molecular complexity index is 2220. The van der Waals surface area contributed by atoms with Crippen LogP contribution in [0.5, 0.6) is 11.5 Å². The van der Waals surface area contributed by atoms with Gasteiger partial charge in [0.25, 0.3) is 11.5 Å². The van der Waals surface area contributed by atoms with Crippen molar-refractivity contribution < 1.29 is 33.8 Å². The fourth-order valence-electron chi connectivity index (χ4n) is 9.59. The number of amides is 5. The third-order valence-corrected chi connectivity index (χ3v) is 12.9. The lowest BCUT2D eigenvalue weighted by molar-refractivity contribution is -0.139. The minimum Gasteiger partial charge on any atom is -0.496 e. The van der Waals surface area contributed by atoms with Gasteiger partial charge in [0, 0.05) is 92.3 Å². The molecule has 3 aromatic rings. The molecule has 2 unspecified atom stereocenters. The summed E-state index contributed by atoms with van der Waals surface area (Å²) in [6, 6.07) is 8.43. The van der Waals surface area contributed by atoms with E-state index in [4.69, 9.17) is 9.47 Å². The largest absolute Gasteiger partial charge is 0.496 e. The van der Waals surface area contributed by atoms with E-state index in [1.807, 2.05) is 44.6 Å². The average Bonchev–Trinajstić information content (AvgIpc) is 3.46. The van der Waals surface area contributed by atoms with Gasteiger partial charge >= 0.3 is 6.03 Å². The van der Waals surface area contributed by atoms with Gasteiger partial charge < -0.3 is 44.1 Å². The lowest BCUT2D eigenvalue weighted by atomic mass is 9.71. The molecule has 16 nitrogen and oxygen atoms in total. The molecular formula is C43H54N8O8. The van der Waals surface area contributed by atoms with Crippen molar-refractivity contribution in [1.82, 2.24) is 34.8 Å². The number of aliphatic hydroxyl groups is 1. The van der Waals surface area contributed by atoms with E-state index in [1.165, 1.54) is 4.90 Å². The van der Waals surface area contributed by atoms with Gasteiger partial charge in [-0.3, -0.25) is 29.4 Å². The fourth-order valence-corrected chi connectivity index (χ4v) is 9.59. The summed E-state index contributed by atoms with van der Waals surface area (Å²) in [5.41, 5.74) is 6.17. The Hall–Kier alpha value is -5.45. The quantitative estimate of drug-likeness (QED) is 0.257. The first-order chi connectivity index (χ1) is 28.3. The predicted octanol–water partition coefficient (Wildman–Crippen LogP) is 2.05. The second-order valence-corrected chi connectivity index (χ2v) is 16.9. The topological polar surface area (TPSA) is 169 Å². The Morgan fingerprint density at radius 2 is 1.68 bits per heavy atom. The van der Waals surface area contributed by atoms with Crippen molar-refractivity contribution in [2.75, 3.05) is 79.0 Å². The molecule has 5 aliphatic rings. The monoisotopic (exact) mass is 810 g/mol. The van der Waals surface area contributed by atoms with Crippen molar-refractivity contribution in [2.24, 2.45) is 12.5 Å². The third kappa shape index (κ3) is 7.53. The zero-order valence-corrected chi connectivity index (χ0v) is 34.5. The van der Waals surface area contributed by atoms with Crippen LogP contribution in [0.2, 0.25) is 0 Å². The molecule has 8 rings (SSSR count). The minimum atomic E-state index is -1.23. The number of hydrogen-bond donors (Lipinski definition) is 3. The number of fused-ring (bicyclic) bond motifs is 2. The Morgan fingerprint density at radius 3 is 2.34 bits per heavy atom. The van der Waals surface area contributed by atoms with E-state index in [9.17, 15) is 29.1 Å². The number of rotatable bonds is 10. The molecule has 2 aromatic carbocycles. The molecular weight excluding hydrogens is 757 g/mol. The number of piperidine rings is 2. The number of pyridine rings is 1. The van der Waals surface area contributed by atoms with Crippen molar-refractivity contribution in [2.45, 2.75) is 57.5 Å². The SMILES string of the molecule is COc1cc(-c2cn(C)c(=O)c3c2CCN(C(=O)NCCN2CCC4(CC2)CN(c2ccc5c(c2)C(=O)N(C2CCC(=O)NC2=O)C5O)C4)C3)cc(OC)c1CN(C)C. The van der Waals surface area contributed by atoms with Crippen molar-refractivity contribution in [3.8, 4) is 22.6 Å². The molecule has 6 heterocycles. The zero-order chi connectivity index (χ0) is 41.7. The normalized spacial score (nSPS) is 21.3. The second kappa shape index (κ2) is 16.0.